The number of aromatic nitrogens is 2. The van der Waals surface area contributed by atoms with Gasteiger partial charge in [0, 0.05) is 44.4 Å². The van der Waals surface area contributed by atoms with Gasteiger partial charge < -0.3 is 15.2 Å². The number of aliphatic hydroxyl groups excluding tert-OH is 1. The van der Waals surface area contributed by atoms with Gasteiger partial charge in [-0.1, -0.05) is 30.3 Å². The Hall–Kier alpha value is -1.69. The van der Waals surface area contributed by atoms with Gasteiger partial charge in [-0.15, -0.1) is 0 Å². The van der Waals surface area contributed by atoms with Crippen LogP contribution in [0.25, 0.3) is 0 Å². The highest BCUT2D eigenvalue weighted by atomic mass is 16.5. The Labute approximate surface area is 130 Å². The summed E-state index contributed by atoms with van der Waals surface area (Å²) in [5.41, 5.74) is 2.08. The minimum atomic E-state index is -0.472. The topological polar surface area (TPSA) is 59.3 Å². The maximum atomic E-state index is 10.2. The molecule has 0 amide bonds. The van der Waals surface area contributed by atoms with Gasteiger partial charge in [0.05, 0.1) is 18.4 Å². The third-order valence-electron chi connectivity index (χ3n) is 4.20. The van der Waals surface area contributed by atoms with Gasteiger partial charge in [-0.2, -0.15) is 5.10 Å². The molecule has 1 saturated heterocycles. The van der Waals surface area contributed by atoms with Gasteiger partial charge in [-0.25, -0.2) is 0 Å². The molecule has 0 spiro atoms. The molecule has 1 aliphatic heterocycles. The third-order valence-corrected chi connectivity index (χ3v) is 4.20. The normalized spacial score (nSPS) is 22.8. The minimum Gasteiger partial charge on any atom is -0.387 e. The maximum absolute atomic E-state index is 10.2. The fraction of sp³-hybridized carbons (Fsp3) is 0.471. The molecule has 1 aliphatic rings. The average molecular weight is 301 g/mol. The fourth-order valence-electron chi connectivity index (χ4n) is 3.00. The summed E-state index contributed by atoms with van der Waals surface area (Å²) in [4.78, 5) is 0. The van der Waals surface area contributed by atoms with E-state index in [1.165, 1.54) is 0 Å². The molecule has 3 rings (SSSR count). The second-order valence-corrected chi connectivity index (χ2v) is 5.87. The summed E-state index contributed by atoms with van der Waals surface area (Å²) >= 11 is 0. The number of aliphatic hydroxyl groups is 1. The molecule has 118 valence electrons. The van der Waals surface area contributed by atoms with Gasteiger partial charge >= 0.3 is 0 Å². The molecule has 0 saturated carbocycles. The number of ether oxygens (including phenoxy) is 1. The zero-order chi connectivity index (χ0) is 15.4. The molecule has 1 fully saturated rings. The van der Waals surface area contributed by atoms with Crippen LogP contribution in [0.1, 0.15) is 29.8 Å². The molecule has 2 aromatic rings. The molecule has 0 bridgehead atoms. The Morgan fingerprint density at radius 3 is 2.95 bits per heavy atom. The summed E-state index contributed by atoms with van der Waals surface area (Å²) in [6.07, 6.45) is 4.56. The van der Waals surface area contributed by atoms with Gasteiger partial charge in [0.15, 0.2) is 0 Å². The van der Waals surface area contributed by atoms with E-state index in [0.29, 0.717) is 12.5 Å². The highest BCUT2D eigenvalue weighted by Gasteiger charge is 2.30. The van der Waals surface area contributed by atoms with Gasteiger partial charge in [-0.3, -0.25) is 4.68 Å². The Balaban J connectivity index is 1.50. The van der Waals surface area contributed by atoms with Crippen molar-refractivity contribution >= 4 is 0 Å². The monoisotopic (exact) mass is 301 g/mol. The van der Waals surface area contributed by atoms with E-state index in [-0.39, 0.29) is 6.10 Å². The van der Waals surface area contributed by atoms with E-state index in [4.69, 9.17) is 4.74 Å². The predicted molar refractivity (Wildman–Crippen MR) is 84.3 cm³/mol. The van der Waals surface area contributed by atoms with Crippen molar-refractivity contribution in [2.24, 2.45) is 13.0 Å². The molecule has 2 N–H and O–H groups in total. The summed E-state index contributed by atoms with van der Waals surface area (Å²) in [6, 6.07) is 9.74. The van der Waals surface area contributed by atoms with Crippen LogP contribution >= 0.6 is 0 Å². The van der Waals surface area contributed by atoms with E-state index in [2.05, 4.69) is 10.4 Å². The number of rotatable bonds is 6. The fourth-order valence-corrected chi connectivity index (χ4v) is 3.00. The van der Waals surface area contributed by atoms with Crippen LogP contribution in [-0.4, -0.2) is 34.6 Å². The predicted octanol–water partition coefficient (Wildman–Crippen LogP) is 1.82. The van der Waals surface area contributed by atoms with Crippen LogP contribution in [0.5, 0.6) is 0 Å². The average Bonchev–Trinajstić information content (AvgIpc) is 3.16. The SMILES string of the molecule is Cn1cc([C@@H]2OCC[C@H]2CNCC(O)c2ccccc2)cn1. The van der Waals surface area contributed by atoms with Crippen molar-refractivity contribution in [2.45, 2.75) is 18.6 Å². The summed E-state index contributed by atoms with van der Waals surface area (Å²) in [5.74, 6) is 0.423. The molecule has 5 heteroatoms. The van der Waals surface area contributed by atoms with Crippen molar-refractivity contribution in [1.82, 2.24) is 15.1 Å². The first kappa shape index (κ1) is 15.2. The maximum Gasteiger partial charge on any atom is 0.0914 e. The Bertz CT molecular complexity index is 585. The zero-order valence-corrected chi connectivity index (χ0v) is 12.9. The van der Waals surface area contributed by atoms with Crippen molar-refractivity contribution in [3.05, 3.63) is 53.9 Å². The largest absolute Gasteiger partial charge is 0.387 e. The van der Waals surface area contributed by atoms with Gasteiger partial charge in [0.1, 0.15) is 0 Å². The standard InChI is InChI=1S/C17H23N3O2/c1-20-12-15(10-19-20)17-14(7-8-22-17)9-18-11-16(21)13-5-3-2-4-6-13/h2-6,10,12,14,16-18,21H,7-9,11H2,1H3/t14-,16?,17+/m0/s1. The Kier molecular flexibility index (Phi) is 4.87. The second-order valence-electron chi connectivity index (χ2n) is 5.87. The number of aryl methyl sites for hydroxylation is 1. The van der Waals surface area contributed by atoms with Crippen molar-refractivity contribution in [1.29, 1.82) is 0 Å². The van der Waals surface area contributed by atoms with E-state index in [1.54, 1.807) is 4.68 Å². The summed E-state index contributed by atoms with van der Waals surface area (Å²) in [7, 11) is 1.92. The lowest BCUT2D eigenvalue weighted by atomic mass is 9.97. The lowest BCUT2D eigenvalue weighted by Crippen LogP contribution is -2.28. The number of hydrogen-bond donors (Lipinski definition) is 2. The first-order chi connectivity index (χ1) is 10.7. The number of nitrogens with zero attached hydrogens (tertiary/aromatic N) is 2. The van der Waals surface area contributed by atoms with Crippen LogP contribution in [0.3, 0.4) is 0 Å². The van der Waals surface area contributed by atoms with Crippen molar-refractivity contribution in [3.8, 4) is 0 Å². The van der Waals surface area contributed by atoms with Gasteiger partial charge in [0.25, 0.3) is 0 Å². The van der Waals surface area contributed by atoms with Crippen molar-refractivity contribution in [3.63, 3.8) is 0 Å². The van der Waals surface area contributed by atoms with Crippen molar-refractivity contribution in [2.75, 3.05) is 19.7 Å². The summed E-state index contributed by atoms with van der Waals surface area (Å²) in [6.45, 7) is 2.18. The molecular weight excluding hydrogens is 278 g/mol. The van der Waals surface area contributed by atoms with Gasteiger partial charge in [0.2, 0.25) is 0 Å². The molecule has 22 heavy (non-hydrogen) atoms. The Morgan fingerprint density at radius 2 is 2.23 bits per heavy atom. The van der Waals surface area contributed by atoms with E-state index in [9.17, 15) is 5.11 Å². The zero-order valence-electron chi connectivity index (χ0n) is 12.9. The van der Waals surface area contributed by atoms with Crippen molar-refractivity contribution < 1.29 is 9.84 Å². The van der Waals surface area contributed by atoms with Crippen LogP contribution in [-0.2, 0) is 11.8 Å². The lowest BCUT2D eigenvalue weighted by Gasteiger charge is -2.19. The third kappa shape index (κ3) is 3.55. The first-order valence-electron chi connectivity index (χ1n) is 7.78. The Morgan fingerprint density at radius 1 is 1.41 bits per heavy atom. The molecule has 1 aromatic carbocycles. The quantitative estimate of drug-likeness (QED) is 0.854. The van der Waals surface area contributed by atoms with E-state index in [1.807, 2.05) is 49.8 Å². The molecular formula is C17H23N3O2. The minimum absolute atomic E-state index is 0.107. The highest BCUT2D eigenvalue weighted by Crippen LogP contribution is 2.33. The number of nitrogens with one attached hydrogen (secondary N) is 1. The number of benzene rings is 1. The number of hydrogen-bond acceptors (Lipinski definition) is 4. The molecule has 2 heterocycles. The van der Waals surface area contributed by atoms with Crippen LogP contribution in [0, 0.1) is 5.92 Å². The molecule has 0 aliphatic carbocycles. The summed E-state index contributed by atoms with van der Waals surface area (Å²) < 4.78 is 7.66. The first-order valence-corrected chi connectivity index (χ1v) is 7.78. The van der Waals surface area contributed by atoms with Crippen LogP contribution < -0.4 is 5.32 Å². The second kappa shape index (κ2) is 7.05. The van der Waals surface area contributed by atoms with Crippen LogP contribution in [0.4, 0.5) is 0 Å². The molecule has 5 nitrogen and oxygen atoms in total. The van der Waals surface area contributed by atoms with Crippen LogP contribution in [0.15, 0.2) is 42.7 Å². The summed E-state index contributed by atoms with van der Waals surface area (Å²) in [5, 5.41) is 17.8. The van der Waals surface area contributed by atoms with E-state index < -0.39 is 6.10 Å². The van der Waals surface area contributed by atoms with E-state index >= 15 is 0 Å². The van der Waals surface area contributed by atoms with Crippen LogP contribution in [0.2, 0.25) is 0 Å². The molecule has 1 aromatic heterocycles. The highest BCUT2D eigenvalue weighted by molar-refractivity contribution is 5.17. The molecule has 0 radical (unpaired) electrons. The molecule has 1 unspecified atom stereocenters. The van der Waals surface area contributed by atoms with Gasteiger partial charge in [-0.05, 0) is 12.0 Å². The lowest BCUT2D eigenvalue weighted by molar-refractivity contribution is 0.0889. The smallest absolute Gasteiger partial charge is 0.0914 e. The van der Waals surface area contributed by atoms with E-state index in [0.717, 1.165) is 30.7 Å². The molecule has 3 atom stereocenters.